The van der Waals surface area contributed by atoms with E-state index in [1.54, 1.807) is 36.4 Å². The minimum atomic E-state index is -0.634. The van der Waals surface area contributed by atoms with Crippen molar-refractivity contribution in [2.24, 2.45) is 0 Å². The number of hydrogen-bond acceptors (Lipinski definition) is 6. The first-order valence-electron chi connectivity index (χ1n) is 10.5. The lowest BCUT2D eigenvalue weighted by Crippen LogP contribution is -2.50. The highest BCUT2D eigenvalue weighted by atomic mass is 16.5. The molecular weight excluding hydrogens is 412 g/mol. The molecular formula is C23H24N4O5. The first kappa shape index (κ1) is 21.5. The van der Waals surface area contributed by atoms with Gasteiger partial charge < -0.3 is 10.1 Å². The van der Waals surface area contributed by atoms with Gasteiger partial charge >= 0.3 is 6.03 Å². The summed E-state index contributed by atoms with van der Waals surface area (Å²) >= 11 is 0. The summed E-state index contributed by atoms with van der Waals surface area (Å²) in [6, 6.07) is 11.1. The van der Waals surface area contributed by atoms with Gasteiger partial charge in [-0.25, -0.2) is 4.79 Å². The number of hydrogen-bond donors (Lipinski definition) is 3. The summed E-state index contributed by atoms with van der Waals surface area (Å²) in [5.74, 6) is -0.349. The quantitative estimate of drug-likeness (QED) is 0.619. The number of anilines is 1. The molecule has 1 atom stereocenters. The second-order valence-electron chi connectivity index (χ2n) is 7.72. The van der Waals surface area contributed by atoms with E-state index >= 15 is 0 Å². The molecule has 0 radical (unpaired) electrons. The highest BCUT2D eigenvalue weighted by molar-refractivity contribution is 6.08. The lowest BCUT2D eigenvalue weighted by molar-refractivity contribution is -0.137. The maximum Gasteiger partial charge on any atom is 0.326 e. The molecule has 1 unspecified atom stereocenters. The van der Waals surface area contributed by atoms with E-state index in [-0.39, 0.29) is 17.9 Å². The Morgan fingerprint density at radius 1 is 1.09 bits per heavy atom. The van der Waals surface area contributed by atoms with Crippen molar-refractivity contribution in [3.8, 4) is 5.75 Å². The van der Waals surface area contributed by atoms with Crippen LogP contribution in [0, 0.1) is 0 Å². The van der Waals surface area contributed by atoms with Crippen molar-refractivity contribution in [2.45, 2.75) is 38.9 Å². The van der Waals surface area contributed by atoms with E-state index in [1.165, 1.54) is 0 Å². The fourth-order valence-corrected chi connectivity index (χ4v) is 3.95. The zero-order valence-electron chi connectivity index (χ0n) is 17.6. The standard InChI is InChI=1S/C23H24N4O5/c1-2-32-18-7-5-17(6-8-18)24-23(31)26-21(29)14-3-4-15-12-27(13-16(15)11-14)19-9-10-20(28)25-22(19)30/h3-8,11,19H,2,9-10,12-13H2,1H3,(H,25,28,30)(H2,24,26,29,31). The van der Waals surface area contributed by atoms with Crippen LogP contribution in [0.5, 0.6) is 5.75 Å². The first-order chi connectivity index (χ1) is 15.4. The fourth-order valence-electron chi connectivity index (χ4n) is 3.95. The molecule has 9 nitrogen and oxygen atoms in total. The van der Waals surface area contributed by atoms with Gasteiger partial charge in [-0.3, -0.25) is 29.9 Å². The van der Waals surface area contributed by atoms with Crippen molar-refractivity contribution in [3.63, 3.8) is 0 Å². The Kier molecular flexibility index (Phi) is 6.18. The monoisotopic (exact) mass is 436 g/mol. The molecule has 2 aliphatic rings. The Morgan fingerprint density at radius 2 is 1.84 bits per heavy atom. The van der Waals surface area contributed by atoms with Gasteiger partial charge in [-0.15, -0.1) is 0 Å². The minimum absolute atomic E-state index is 0.245. The summed E-state index contributed by atoms with van der Waals surface area (Å²) in [5.41, 5.74) is 2.84. The third kappa shape index (κ3) is 4.78. The number of carbonyl (C=O) groups is 4. The molecule has 0 aromatic heterocycles. The van der Waals surface area contributed by atoms with Crippen molar-refractivity contribution in [3.05, 3.63) is 59.2 Å². The topological polar surface area (TPSA) is 117 Å². The van der Waals surface area contributed by atoms with Gasteiger partial charge in [0.1, 0.15) is 5.75 Å². The van der Waals surface area contributed by atoms with Gasteiger partial charge in [0.05, 0.1) is 12.6 Å². The Balaban J connectivity index is 1.35. The van der Waals surface area contributed by atoms with Gasteiger partial charge in [0, 0.05) is 30.8 Å². The number of amides is 5. The maximum atomic E-state index is 12.5. The van der Waals surface area contributed by atoms with E-state index in [0.717, 1.165) is 11.1 Å². The molecule has 1 saturated heterocycles. The average molecular weight is 436 g/mol. The van der Waals surface area contributed by atoms with Crippen LogP contribution in [0.15, 0.2) is 42.5 Å². The zero-order chi connectivity index (χ0) is 22.7. The maximum absolute atomic E-state index is 12.5. The average Bonchev–Trinajstić information content (AvgIpc) is 3.18. The van der Waals surface area contributed by atoms with Gasteiger partial charge in [0.2, 0.25) is 11.8 Å². The van der Waals surface area contributed by atoms with Crippen LogP contribution >= 0.6 is 0 Å². The second kappa shape index (κ2) is 9.19. The number of fused-ring (bicyclic) bond motifs is 1. The second-order valence-corrected chi connectivity index (χ2v) is 7.72. The van der Waals surface area contributed by atoms with Crippen LogP contribution in [0.4, 0.5) is 10.5 Å². The number of benzene rings is 2. The summed E-state index contributed by atoms with van der Waals surface area (Å²) in [7, 11) is 0. The number of piperidine rings is 1. The van der Waals surface area contributed by atoms with Crippen molar-refractivity contribution >= 4 is 29.4 Å². The van der Waals surface area contributed by atoms with Gasteiger partial charge in [0.25, 0.3) is 5.91 Å². The number of carbonyl (C=O) groups excluding carboxylic acids is 4. The number of ether oxygens (including phenoxy) is 1. The molecule has 9 heteroatoms. The molecule has 0 aliphatic carbocycles. The van der Waals surface area contributed by atoms with E-state index in [9.17, 15) is 19.2 Å². The third-order valence-electron chi connectivity index (χ3n) is 5.52. The van der Waals surface area contributed by atoms with Crippen molar-refractivity contribution in [1.29, 1.82) is 0 Å². The van der Waals surface area contributed by atoms with Crippen molar-refractivity contribution in [2.75, 3.05) is 11.9 Å². The largest absolute Gasteiger partial charge is 0.494 e. The molecule has 5 amide bonds. The Morgan fingerprint density at radius 3 is 2.56 bits per heavy atom. The molecule has 3 N–H and O–H groups in total. The molecule has 2 aromatic rings. The molecule has 2 aromatic carbocycles. The lowest BCUT2D eigenvalue weighted by atomic mass is 10.0. The van der Waals surface area contributed by atoms with Crippen molar-refractivity contribution < 1.29 is 23.9 Å². The molecule has 0 bridgehead atoms. The first-order valence-corrected chi connectivity index (χ1v) is 10.5. The Labute approximate surface area is 185 Å². The zero-order valence-corrected chi connectivity index (χ0v) is 17.6. The highest BCUT2D eigenvalue weighted by Crippen LogP contribution is 2.28. The van der Waals surface area contributed by atoms with Crippen molar-refractivity contribution in [1.82, 2.24) is 15.5 Å². The lowest BCUT2D eigenvalue weighted by Gasteiger charge is -2.29. The van der Waals surface area contributed by atoms with Crippen LogP contribution in [0.3, 0.4) is 0 Å². The number of rotatable bonds is 5. The number of nitrogens with one attached hydrogen (secondary N) is 3. The van der Waals surface area contributed by atoms with Gasteiger partial charge in [-0.05, 0) is 60.9 Å². The molecule has 2 aliphatic heterocycles. The summed E-state index contributed by atoms with van der Waals surface area (Å²) < 4.78 is 5.36. The number of urea groups is 1. The van der Waals surface area contributed by atoms with Crippen LogP contribution in [-0.4, -0.2) is 41.3 Å². The van der Waals surface area contributed by atoms with E-state index in [4.69, 9.17) is 4.74 Å². The van der Waals surface area contributed by atoms with Crippen LogP contribution < -0.4 is 20.7 Å². The van der Waals surface area contributed by atoms with Gasteiger partial charge in [-0.1, -0.05) is 6.07 Å². The molecule has 4 rings (SSSR count). The van der Waals surface area contributed by atoms with Crippen LogP contribution in [0.25, 0.3) is 0 Å². The molecule has 1 fully saturated rings. The molecule has 0 spiro atoms. The summed E-state index contributed by atoms with van der Waals surface area (Å²) in [5, 5.41) is 7.32. The van der Waals surface area contributed by atoms with E-state index in [0.29, 0.717) is 49.5 Å². The van der Waals surface area contributed by atoms with Gasteiger partial charge in [0.15, 0.2) is 0 Å². The third-order valence-corrected chi connectivity index (χ3v) is 5.52. The van der Waals surface area contributed by atoms with E-state index < -0.39 is 11.9 Å². The summed E-state index contributed by atoms with van der Waals surface area (Å²) in [4.78, 5) is 50.3. The SMILES string of the molecule is CCOc1ccc(NC(=O)NC(=O)c2ccc3c(c2)CN(C2CCC(=O)NC2=O)C3)cc1. The molecule has 2 heterocycles. The molecule has 166 valence electrons. The van der Waals surface area contributed by atoms with Crippen LogP contribution in [-0.2, 0) is 22.7 Å². The highest BCUT2D eigenvalue weighted by Gasteiger charge is 2.34. The minimum Gasteiger partial charge on any atom is -0.494 e. The predicted molar refractivity (Wildman–Crippen MR) is 116 cm³/mol. The Hall–Kier alpha value is -3.72. The molecule has 0 saturated carbocycles. The normalized spacial score (nSPS) is 18.0. The van der Waals surface area contributed by atoms with Crippen LogP contribution in [0.1, 0.15) is 41.3 Å². The van der Waals surface area contributed by atoms with E-state index in [2.05, 4.69) is 16.0 Å². The molecule has 32 heavy (non-hydrogen) atoms. The number of nitrogens with zero attached hydrogens (tertiary/aromatic N) is 1. The van der Waals surface area contributed by atoms with Gasteiger partial charge in [-0.2, -0.15) is 0 Å². The number of imide groups is 2. The fraction of sp³-hybridized carbons (Fsp3) is 0.304. The summed E-state index contributed by atoms with van der Waals surface area (Å²) in [6.45, 7) is 3.51. The Bertz CT molecular complexity index is 1070. The van der Waals surface area contributed by atoms with Crippen LogP contribution in [0.2, 0.25) is 0 Å². The van der Waals surface area contributed by atoms with E-state index in [1.807, 2.05) is 17.9 Å². The predicted octanol–water partition coefficient (Wildman–Crippen LogP) is 2.17. The smallest absolute Gasteiger partial charge is 0.326 e. The summed E-state index contributed by atoms with van der Waals surface area (Å²) in [6.07, 6.45) is 0.804.